The van der Waals surface area contributed by atoms with Crippen LogP contribution in [0.4, 0.5) is 0 Å². The summed E-state index contributed by atoms with van der Waals surface area (Å²) in [6.45, 7) is 0.211. The van der Waals surface area contributed by atoms with E-state index in [2.05, 4.69) is 14.8 Å². The first kappa shape index (κ1) is 23.4. The lowest BCUT2D eigenvalue weighted by Gasteiger charge is -2.26. The monoisotopic (exact) mass is 469 g/mol. The van der Waals surface area contributed by atoms with E-state index in [-0.39, 0.29) is 6.61 Å². The summed E-state index contributed by atoms with van der Waals surface area (Å²) in [4.78, 5) is 0. The van der Waals surface area contributed by atoms with Gasteiger partial charge in [0.2, 0.25) is 0 Å². The van der Waals surface area contributed by atoms with Gasteiger partial charge in [0.1, 0.15) is 23.9 Å². The van der Waals surface area contributed by atoms with Crippen LogP contribution in [0.1, 0.15) is 38.1 Å². The lowest BCUT2D eigenvalue weighted by Crippen LogP contribution is -2.21. The van der Waals surface area contributed by atoms with Crippen molar-refractivity contribution in [3.05, 3.63) is 48.5 Å². The minimum Gasteiger partial charge on any atom is -0.497 e. The van der Waals surface area contributed by atoms with E-state index in [9.17, 15) is 5.11 Å². The highest BCUT2D eigenvalue weighted by Crippen LogP contribution is 2.36. The van der Waals surface area contributed by atoms with Gasteiger partial charge in [0.05, 0.1) is 20.3 Å². The molecule has 1 atom stereocenters. The number of rotatable bonds is 10. The SMILES string of the molecule is COc1ccc(OCC(O)CSc2nnc(-c3ccc(OC)cc3)n2C2CCCCC2)cc1. The lowest BCUT2D eigenvalue weighted by atomic mass is 9.95. The second kappa shape index (κ2) is 11.4. The predicted octanol–water partition coefficient (Wildman–Crippen LogP) is 5.00. The fourth-order valence-electron chi connectivity index (χ4n) is 4.06. The average molecular weight is 470 g/mol. The van der Waals surface area contributed by atoms with Crippen LogP contribution in [0.25, 0.3) is 11.4 Å². The molecule has 1 fully saturated rings. The molecule has 1 aliphatic carbocycles. The first-order chi connectivity index (χ1) is 16.2. The zero-order valence-corrected chi connectivity index (χ0v) is 20.0. The van der Waals surface area contributed by atoms with E-state index in [0.29, 0.717) is 17.5 Å². The number of ether oxygens (including phenoxy) is 3. The highest BCUT2D eigenvalue weighted by Gasteiger charge is 2.24. The number of benzene rings is 2. The maximum absolute atomic E-state index is 10.5. The summed E-state index contributed by atoms with van der Waals surface area (Å²) in [6.07, 6.45) is 5.33. The summed E-state index contributed by atoms with van der Waals surface area (Å²) < 4.78 is 18.4. The van der Waals surface area contributed by atoms with E-state index in [0.717, 1.165) is 40.9 Å². The van der Waals surface area contributed by atoms with Gasteiger partial charge in [-0.3, -0.25) is 4.57 Å². The van der Waals surface area contributed by atoms with Crippen molar-refractivity contribution in [2.75, 3.05) is 26.6 Å². The Kier molecular flexibility index (Phi) is 8.12. The van der Waals surface area contributed by atoms with Gasteiger partial charge in [0.15, 0.2) is 11.0 Å². The molecule has 1 aliphatic rings. The molecule has 0 amide bonds. The number of hydrogen-bond donors (Lipinski definition) is 1. The molecule has 3 aromatic rings. The quantitative estimate of drug-likeness (QED) is 0.419. The van der Waals surface area contributed by atoms with Gasteiger partial charge in [-0.15, -0.1) is 10.2 Å². The second-order valence-electron chi connectivity index (χ2n) is 8.15. The van der Waals surface area contributed by atoms with Crippen molar-refractivity contribution < 1.29 is 19.3 Å². The maximum Gasteiger partial charge on any atom is 0.191 e. The third-order valence-electron chi connectivity index (χ3n) is 5.86. The number of thioether (sulfide) groups is 1. The van der Waals surface area contributed by atoms with Crippen LogP contribution in [-0.4, -0.2) is 52.6 Å². The van der Waals surface area contributed by atoms with Crippen LogP contribution in [0.5, 0.6) is 17.2 Å². The normalized spacial score (nSPS) is 15.2. The Morgan fingerprint density at radius 3 is 2.15 bits per heavy atom. The first-order valence-corrected chi connectivity index (χ1v) is 12.3. The number of aliphatic hydroxyl groups excluding tert-OH is 1. The molecule has 0 saturated heterocycles. The number of aromatic nitrogens is 3. The zero-order valence-electron chi connectivity index (χ0n) is 19.1. The maximum atomic E-state index is 10.5. The highest BCUT2D eigenvalue weighted by atomic mass is 32.2. The van der Waals surface area contributed by atoms with Gasteiger partial charge in [-0.05, 0) is 61.4 Å². The molecule has 176 valence electrons. The molecule has 4 rings (SSSR count). The van der Waals surface area contributed by atoms with E-state index >= 15 is 0 Å². The summed E-state index contributed by atoms with van der Waals surface area (Å²) in [7, 11) is 3.29. The summed E-state index contributed by atoms with van der Waals surface area (Å²) in [5.41, 5.74) is 1.02. The van der Waals surface area contributed by atoms with Crippen molar-refractivity contribution >= 4 is 11.8 Å². The third kappa shape index (κ3) is 6.00. The minimum absolute atomic E-state index is 0.211. The number of aliphatic hydroxyl groups is 1. The van der Waals surface area contributed by atoms with Gasteiger partial charge < -0.3 is 19.3 Å². The molecular formula is C25H31N3O4S. The molecule has 8 heteroatoms. The molecule has 0 radical (unpaired) electrons. The molecular weight excluding hydrogens is 438 g/mol. The Hall–Kier alpha value is -2.71. The standard InChI is InChI=1S/C25H31N3O4S/c1-30-21-10-8-18(9-11-21)24-26-27-25(28(24)19-6-4-3-5-7-19)33-17-20(29)16-32-23-14-12-22(31-2)13-15-23/h8-15,19-20,29H,3-7,16-17H2,1-2H3. The summed E-state index contributed by atoms with van der Waals surface area (Å²) in [5.74, 6) is 3.64. The molecule has 0 aliphatic heterocycles. The summed E-state index contributed by atoms with van der Waals surface area (Å²) in [6, 6.07) is 15.7. The average Bonchev–Trinajstić information content (AvgIpc) is 3.31. The van der Waals surface area contributed by atoms with Crippen molar-refractivity contribution in [3.63, 3.8) is 0 Å². The molecule has 1 heterocycles. The van der Waals surface area contributed by atoms with E-state index in [1.165, 1.54) is 31.0 Å². The molecule has 33 heavy (non-hydrogen) atoms. The van der Waals surface area contributed by atoms with Gasteiger partial charge >= 0.3 is 0 Å². The third-order valence-corrected chi connectivity index (χ3v) is 6.95. The van der Waals surface area contributed by atoms with Crippen LogP contribution in [0.15, 0.2) is 53.7 Å². The van der Waals surface area contributed by atoms with Crippen LogP contribution in [0.3, 0.4) is 0 Å². The zero-order chi connectivity index (χ0) is 23.0. The van der Waals surface area contributed by atoms with Crippen molar-refractivity contribution in [1.82, 2.24) is 14.8 Å². The van der Waals surface area contributed by atoms with Gasteiger partial charge in [-0.25, -0.2) is 0 Å². The lowest BCUT2D eigenvalue weighted by molar-refractivity contribution is 0.126. The first-order valence-electron chi connectivity index (χ1n) is 11.3. The number of nitrogens with zero attached hydrogens (tertiary/aromatic N) is 3. The van der Waals surface area contributed by atoms with Crippen molar-refractivity contribution in [2.45, 2.75) is 49.4 Å². The van der Waals surface area contributed by atoms with Crippen LogP contribution < -0.4 is 14.2 Å². The number of methoxy groups -OCH3 is 2. The Bertz CT molecular complexity index is 1000. The molecule has 2 aromatic carbocycles. The summed E-state index contributed by atoms with van der Waals surface area (Å²) in [5, 5.41) is 20.4. The molecule has 1 unspecified atom stereocenters. The van der Waals surface area contributed by atoms with E-state index in [1.807, 2.05) is 48.5 Å². The van der Waals surface area contributed by atoms with Gasteiger partial charge in [-0.1, -0.05) is 31.0 Å². The smallest absolute Gasteiger partial charge is 0.191 e. The Labute approximate surface area is 199 Å². The topological polar surface area (TPSA) is 78.6 Å². The molecule has 1 saturated carbocycles. The molecule has 7 nitrogen and oxygen atoms in total. The second-order valence-corrected chi connectivity index (χ2v) is 9.14. The number of hydrogen-bond acceptors (Lipinski definition) is 7. The molecule has 1 aromatic heterocycles. The van der Waals surface area contributed by atoms with Crippen LogP contribution >= 0.6 is 11.8 Å². The largest absolute Gasteiger partial charge is 0.497 e. The molecule has 0 spiro atoms. The summed E-state index contributed by atoms with van der Waals surface area (Å²) >= 11 is 1.53. The fraction of sp³-hybridized carbons (Fsp3) is 0.440. The minimum atomic E-state index is -0.627. The predicted molar refractivity (Wildman–Crippen MR) is 129 cm³/mol. The molecule has 1 N–H and O–H groups in total. The van der Waals surface area contributed by atoms with Crippen molar-refractivity contribution in [3.8, 4) is 28.6 Å². The van der Waals surface area contributed by atoms with Crippen LogP contribution in [-0.2, 0) is 0 Å². The van der Waals surface area contributed by atoms with Crippen LogP contribution in [0, 0.1) is 0 Å². The van der Waals surface area contributed by atoms with E-state index in [4.69, 9.17) is 14.2 Å². The van der Waals surface area contributed by atoms with E-state index in [1.54, 1.807) is 14.2 Å². The highest BCUT2D eigenvalue weighted by molar-refractivity contribution is 7.99. The van der Waals surface area contributed by atoms with Gasteiger partial charge in [0.25, 0.3) is 0 Å². The Morgan fingerprint density at radius 1 is 0.909 bits per heavy atom. The van der Waals surface area contributed by atoms with Gasteiger partial charge in [-0.2, -0.15) is 0 Å². The van der Waals surface area contributed by atoms with E-state index < -0.39 is 6.10 Å². The van der Waals surface area contributed by atoms with Crippen molar-refractivity contribution in [1.29, 1.82) is 0 Å². The Morgan fingerprint density at radius 2 is 1.52 bits per heavy atom. The fourth-order valence-corrected chi connectivity index (χ4v) is 4.97. The van der Waals surface area contributed by atoms with Crippen molar-refractivity contribution in [2.24, 2.45) is 0 Å². The molecule has 0 bridgehead atoms. The van der Waals surface area contributed by atoms with Crippen LogP contribution in [0.2, 0.25) is 0 Å². The Balaban J connectivity index is 1.44. The van der Waals surface area contributed by atoms with Gasteiger partial charge in [0, 0.05) is 17.4 Å².